The van der Waals surface area contributed by atoms with Gasteiger partial charge in [-0.3, -0.25) is 9.48 Å². The van der Waals surface area contributed by atoms with E-state index in [-0.39, 0.29) is 43.4 Å². The maximum atomic E-state index is 13.6. The number of carbonyl (C=O) groups excluding carboxylic acids is 1. The van der Waals surface area contributed by atoms with E-state index in [0.29, 0.717) is 12.1 Å². The van der Waals surface area contributed by atoms with E-state index in [9.17, 15) is 31.1 Å². The highest BCUT2D eigenvalue weighted by atomic mass is 19.4. The second kappa shape index (κ2) is 7.46. The molecule has 11 heteroatoms. The lowest BCUT2D eigenvalue weighted by atomic mass is 10.0. The van der Waals surface area contributed by atoms with Crippen molar-refractivity contribution in [1.29, 1.82) is 0 Å². The summed E-state index contributed by atoms with van der Waals surface area (Å²) in [6, 6.07) is 0.771. The first-order valence-electron chi connectivity index (χ1n) is 8.33. The number of nitrogens with two attached hydrogens (primary N) is 1. The molecule has 1 atom stereocenters. The summed E-state index contributed by atoms with van der Waals surface area (Å²) in [6.07, 6.45) is -3.67. The predicted octanol–water partition coefficient (Wildman–Crippen LogP) is 2.66. The van der Waals surface area contributed by atoms with E-state index in [4.69, 9.17) is 5.73 Å². The Morgan fingerprint density at radius 1 is 1.18 bits per heavy atom. The van der Waals surface area contributed by atoms with Crippen molar-refractivity contribution in [2.75, 3.05) is 13.1 Å². The number of hydrogen-bond donors (Lipinski definition) is 1. The van der Waals surface area contributed by atoms with Gasteiger partial charge in [-0.1, -0.05) is 0 Å². The fourth-order valence-electron chi connectivity index (χ4n) is 2.95. The van der Waals surface area contributed by atoms with Crippen molar-refractivity contribution in [3.63, 3.8) is 0 Å². The summed E-state index contributed by atoms with van der Waals surface area (Å²) in [4.78, 5) is 13.6. The largest absolute Gasteiger partial charge is 0.435 e. The van der Waals surface area contributed by atoms with Crippen LogP contribution < -0.4 is 5.73 Å². The smallest absolute Gasteiger partial charge is 0.338 e. The molecule has 0 bridgehead atoms. The van der Waals surface area contributed by atoms with Crippen LogP contribution in [0.15, 0.2) is 24.4 Å². The van der Waals surface area contributed by atoms with Gasteiger partial charge in [-0.15, -0.1) is 0 Å². The number of nitrogens with zero attached hydrogens (tertiary/aromatic N) is 3. The van der Waals surface area contributed by atoms with E-state index < -0.39 is 35.4 Å². The van der Waals surface area contributed by atoms with Crippen LogP contribution in [0.4, 0.5) is 26.3 Å². The summed E-state index contributed by atoms with van der Waals surface area (Å²) >= 11 is 0. The van der Waals surface area contributed by atoms with E-state index >= 15 is 0 Å². The zero-order chi connectivity index (χ0) is 20.6. The second-order valence-corrected chi connectivity index (χ2v) is 6.66. The van der Waals surface area contributed by atoms with Crippen molar-refractivity contribution in [3.8, 4) is 0 Å². The molecule has 1 fully saturated rings. The van der Waals surface area contributed by atoms with Crippen LogP contribution in [0.2, 0.25) is 0 Å². The quantitative estimate of drug-likeness (QED) is 0.614. The first kappa shape index (κ1) is 20.2. The standard InChI is InChI=1S/C17H16F6N4O/c18-12-6-14(20)13(19)4-9(12)3-10(24)5-16(28)26-7-11(8-26)27-2-1-15(25-27)17(21,22)23/h1-2,4,6,10-11H,3,5,7-8,24H2. The molecule has 2 N–H and O–H groups in total. The molecule has 1 saturated heterocycles. The van der Waals surface area contributed by atoms with Crippen LogP contribution in [0, 0.1) is 17.5 Å². The summed E-state index contributed by atoms with van der Waals surface area (Å²) in [6.45, 7) is 0.341. The van der Waals surface area contributed by atoms with Gasteiger partial charge in [-0.25, -0.2) is 13.2 Å². The van der Waals surface area contributed by atoms with Crippen molar-refractivity contribution < 1.29 is 31.1 Å². The third-order valence-electron chi connectivity index (χ3n) is 4.50. The van der Waals surface area contributed by atoms with Crippen LogP contribution in [0.5, 0.6) is 0 Å². The number of benzene rings is 1. The zero-order valence-corrected chi connectivity index (χ0v) is 14.4. The number of amides is 1. The highest BCUT2D eigenvalue weighted by molar-refractivity contribution is 5.77. The van der Waals surface area contributed by atoms with Gasteiger partial charge in [-0.2, -0.15) is 18.3 Å². The fourth-order valence-corrected chi connectivity index (χ4v) is 2.95. The van der Waals surface area contributed by atoms with E-state index in [1.54, 1.807) is 0 Å². The topological polar surface area (TPSA) is 64.2 Å². The van der Waals surface area contributed by atoms with Gasteiger partial charge >= 0.3 is 6.18 Å². The number of likely N-dealkylation sites (tertiary alicyclic amines) is 1. The predicted molar refractivity (Wildman–Crippen MR) is 85.5 cm³/mol. The Morgan fingerprint density at radius 2 is 1.82 bits per heavy atom. The molecule has 3 rings (SSSR count). The van der Waals surface area contributed by atoms with Crippen LogP contribution in [0.25, 0.3) is 0 Å². The molecular weight excluding hydrogens is 390 g/mol. The molecule has 5 nitrogen and oxygen atoms in total. The zero-order valence-electron chi connectivity index (χ0n) is 14.4. The Balaban J connectivity index is 1.51. The van der Waals surface area contributed by atoms with Crippen LogP contribution in [-0.4, -0.2) is 39.7 Å². The number of halogens is 6. The lowest BCUT2D eigenvalue weighted by molar-refractivity contribution is -0.143. The number of alkyl halides is 3. The third-order valence-corrected chi connectivity index (χ3v) is 4.50. The minimum Gasteiger partial charge on any atom is -0.338 e. The third kappa shape index (κ3) is 4.29. The fraction of sp³-hybridized carbons (Fsp3) is 0.412. The molecule has 28 heavy (non-hydrogen) atoms. The number of hydrogen-bond acceptors (Lipinski definition) is 3. The normalized spacial score (nSPS) is 16.2. The highest BCUT2D eigenvalue weighted by Gasteiger charge is 2.37. The minimum absolute atomic E-state index is 0.142. The van der Waals surface area contributed by atoms with Gasteiger partial charge in [0.2, 0.25) is 5.91 Å². The van der Waals surface area contributed by atoms with Crippen LogP contribution >= 0.6 is 0 Å². The second-order valence-electron chi connectivity index (χ2n) is 6.66. The Hall–Kier alpha value is -2.56. The molecule has 0 saturated carbocycles. The number of rotatable bonds is 5. The minimum atomic E-state index is -4.54. The summed E-state index contributed by atoms with van der Waals surface area (Å²) < 4.78 is 78.6. The van der Waals surface area contributed by atoms with Crippen molar-refractivity contribution in [1.82, 2.24) is 14.7 Å². The summed E-state index contributed by atoms with van der Waals surface area (Å²) in [5.74, 6) is -3.84. The Morgan fingerprint density at radius 3 is 2.43 bits per heavy atom. The van der Waals surface area contributed by atoms with Crippen molar-refractivity contribution >= 4 is 5.91 Å². The molecule has 2 aromatic rings. The van der Waals surface area contributed by atoms with Gasteiger partial charge < -0.3 is 10.6 Å². The van der Waals surface area contributed by atoms with Crippen molar-refractivity contribution in [2.45, 2.75) is 31.1 Å². The van der Waals surface area contributed by atoms with Crippen molar-refractivity contribution in [3.05, 3.63) is 53.1 Å². The number of carbonyl (C=O) groups is 1. The van der Waals surface area contributed by atoms with Gasteiger partial charge in [0.05, 0.1) is 6.04 Å². The van der Waals surface area contributed by atoms with Crippen LogP contribution in [-0.2, 0) is 17.4 Å². The molecule has 0 spiro atoms. The molecule has 1 aromatic heterocycles. The molecule has 1 aliphatic heterocycles. The maximum Gasteiger partial charge on any atom is 0.435 e. The molecular formula is C17H16F6N4O. The SMILES string of the molecule is NC(CC(=O)N1CC(n2ccc(C(F)(F)F)n2)C1)Cc1cc(F)c(F)cc1F. The van der Waals surface area contributed by atoms with Gasteiger partial charge in [0.15, 0.2) is 17.3 Å². The van der Waals surface area contributed by atoms with E-state index in [0.717, 1.165) is 10.7 Å². The summed E-state index contributed by atoms with van der Waals surface area (Å²) in [7, 11) is 0. The molecule has 152 valence electrons. The molecule has 1 aliphatic rings. The molecule has 0 aliphatic carbocycles. The monoisotopic (exact) mass is 406 g/mol. The molecule has 1 unspecified atom stereocenters. The Kier molecular flexibility index (Phi) is 5.37. The van der Waals surface area contributed by atoms with Crippen molar-refractivity contribution in [2.24, 2.45) is 5.73 Å². The van der Waals surface area contributed by atoms with E-state index in [1.807, 2.05) is 0 Å². The summed E-state index contributed by atoms with van der Waals surface area (Å²) in [5.41, 5.74) is 4.66. The lowest BCUT2D eigenvalue weighted by Gasteiger charge is -2.39. The summed E-state index contributed by atoms with van der Waals surface area (Å²) in [5, 5.41) is 3.46. The Labute approximate surface area is 155 Å². The van der Waals surface area contributed by atoms with Gasteiger partial charge in [0.1, 0.15) is 5.82 Å². The molecule has 2 heterocycles. The average Bonchev–Trinajstić information content (AvgIpc) is 3.00. The van der Waals surface area contributed by atoms with E-state index in [1.165, 1.54) is 11.1 Å². The average molecular weight is 406 g/mol. The maximum absolute atomic E-state index is 13.6. The molecule has 0 radical (unpaired) electrons. The Bertz CT molecular complexity index is 875. The number of aromatic nitrogens is 2. The van der Waals surface area contributed by atoms with Gasteiger partial charge in [-0.05, 0) is 24.1 Å². The molecule has 1 amide bonds. The van der Waals surface area contributed by atoms with Crippen LogP contribution in [0.1, 0.15) is 23.7 Å². The lowest BCUT2D eigenvalue weighted by Crippen LogP contribution is -2.52. The first-order chi connectivity index (χ1) is 13.0. The molecule has 1 aromatic carbocycles. The highest BCUT2D eigenvalue weighted by Crippen LogP contribution is 2.29. The van der Waals surface area contributed by atoms with Gasteiger partial charge in [0.25, 0.3) is 0 Å². The first-order valence-corrected chi connectivity index (χ1v) is 8.33. The van der Waals surface area contributed by atoms with Gasteiger partial charge in [0, 0.05) is 37.8 Å². The van der Waals surface area contributed by atoms with Crippen LogP contribution in [0.3, 0.4) is 0 Å². The van der Waals surface area contributed by atoms with E-state index in [2.05, 4.69) is 5.10 Å².